The summed E-state index contributed by atoms with van der Waals surface area (Å²) in [7, 11) is 0. The second-order valence-corrected chi connectivity index (χ2v) is 8.95. The average molecular weight is 473 g/mol. The Balaban J connectivity index is 1.73. The third kappa shape index (κ3) is 5.08. The molecular weight excluding hydrogens is 448 g/mol. The molecule has 0 unspecified atom stereocenters. The van der Waals surface area contributed by atoms with Crippen LogP contribution in [0.3, 0.4) is 0 Å². The Hall–Kier alpha value is -2.12. The molecule has 0 spiro atoms. The lowest BCUT2D eigenvalue weighted by Gasteiger charge is -2.14. The summed E-state index contributed by atoms with van der Waals surface area (Å²) in [6, 6.07) is 14.1. The van der Waals surface area contributed by atoms with E-state index in [1.165, 1.54) is 11.8 Å². The van der Waals surface area contributed by atoms with Crippen LogP contribution in [0, 0.1) is 6.92 Å². The predicted molar refractivity (Wildman–Crippen MR) is 123 cm³/mol. The zero-order valence-corrected chi connectivity index (χ0v) is 19.5. The van der Waals surface area contributed by atoms with Crippen LogP contribution in [0.2, 0.25) is 0 Å². The van der Waals surface area contributed by atoms with Gasteiger partial charge < -0.3 is 9.88 Å². The molecule has 0 aliphatic carbocycles. The Morgan fingerprint density at radius 2 is 1.97 bits per heavy atom. The lowest BCUT2D eigenvalue weighted by Crippen LogP contribution is -2.16. The minimum absolute atomic E-state index is 0.0534. The fraction of sp³-hybridized carbons (Fsp3) is 0.318. The van der Waals surface area contributed by atoms with E-state index in [4.69, 9.17) is 0 Å². The first-order chi connectivity index (χ1) is 13.9. The first-order valence-corrected chi connectivity index (χ1v) is 11.4. The van der Waals surface area contributed by atoms with Gasteiger partial charge in [-0.1, -0.05) is 65.8 Å². The third-order valence-corrected chi connectivity index (χ3v) is 6.12. The van der Waals surface area contributed by atoms with Crippen molar-refractivity contribution < 1.29 is 4.79 Å². The van der Waals surface area contributed by atoms with E-state index in [1.54, 1.807) is 0 Å². The van der Waals surface area contributed by atoms with Gasteiger partial charge in [-0.15, -0.1) is 10.2 Å². The molecule has 29 heavy (non-hydrogen) atoms. The molecule has 5 nitrogen and oxygen atoms in total. The van der Waals surface area contributed by atoms with Crippen LogP contribution in [0.15, 0.2) is 52.1 Å². The van der Waals surface area contributed by atoms with E-state index in [2.05, 4.69) is 75.8 Å². The number of anilines is 1. The van der Waals surface area contributed by atoms with Crippen molar-refractivity contribution in [3.05, 3.63) is 58.1 Å². The maximum absolute atomic E-state index is 12.6. The van der Waals surface area contributed by atoms with Gasteiger partial charge in [0.15, 0.2) is 11.0 Å². The molecule has 152 valence electrons. The summed E-state index contributed by atoms with van der Waals surface area (Å²) in [5.41, 5.74) is 4.18. The Bertz CT molecular complexity index is 1020. The number of rotatable bonds is 7. The molecule has 3 aromatic rings. The first kappa shape index (κ1) is 21.6. The fourth-order valence-electron chi connectivity index (χ4n) is 3.15. The fourth-order valence-corrected chi connectivity index (χ4v) is 4.33. The lowest BCUT2D eigenvalue weighted by molar-refractivity contribution is -0.113. The van der Waals surface area contributed by atoms with Crippen molar-refractivity contribution in [1.82, 2.24) is 14.8 Å². The average Bonchev–Trinajstić information content (AvgIpc) is 3.10. The van der Waals surface area contributed by atoms with Gasteiger partial charge in [0, 0.05) is 22.3 Å². The summed E-state index contributed by atoms with van der Waals surface area (Å²) in [5.74, 6) is 1.38. The number of hydrogen-bond donors (Lipinski definition) is 1. The molecule has 1 N–H and O–H groups in total. The van der Waals surface area contributed by atoms with Gasteiger partial charge in [0.05, 0.1) is 5.75 Å². The topological polar surface area (TPSA) is 59.8 Å². The molecule has 0 aliphatic heterocycles. The SMILES string of the molecule is CCn1c(SCC(=O)Nc2ccc(Br)cc2C(C)C)nnc1-c1ccccc1C. The van der Waals surface area contributed by atoms with Crippen LogP contribution < -0.4 is 5.32 Å². The molecule has 0 atom stereocenters. The number of hydrogen-bond acceptors (Lipinski definition) is 4. The number of benzene rings is 2. The molecule has 1 amide bonds. The maximum atomic E-state index is 12.6. The predicted octanol–water partition coefficient (Wildman–Crippen LogP) is 5.89. The molecule has 1 heterocycles. The number of aryl methyl sites for hydroxylation is 1. The normalized spacial score (nSPS) is 11.1. The largest absolute Gasteiger partial charge is 0.325 e. The summed E-state index contributed by atoms with van der Waals surface area (Å²) in [5, 5.41) is 12.5. The Labute approximate surface area is 184 Å². The highest BCUT2D eigenvalue weighted by molar-refractivity contribution is 9.10. The smallest absolute Gasteiger partial charge is 0.234 e. The Morgan fingerprint density at radius 3 is 2.66 bits per heavy atom. The van der Waals surface area contributed by atoms with Crippen molar-refractivity contribution in [3.63, 3.8) is 0 Å². The number of nitrogens with zero attached hydrogens (tertiary/aromatic N) is 3. The van der Waals surface area contributed by atoms with Crippen LogP contribution in [0.4, 0.5) is 5.69 Å². The van der Waals surface area contributed by atoms with Crippen LogP contribution in [0.25, 0.3) is 11.4 Å². The summed E-state index contributed by atoms with van der Waals surface area (Å²) >= 11 is 4.91. The minimum atomic E-state index is -0.0534. The molecule has 0 saturated heterocycles. The van der Waals surface area contributed by atoms with Crippen molar-refractivity contribution in [2.24, 2.45) is 0 Å². The van der Waals surface area contributed by atoms with Crippen LogP contribution in [-0.2, 0) is 11.3 Å². The Morgan fingerprint density at radius 1 is 1.21 bits per heavy atom. The van der Waals surface area contributed by atoms with E-state index >= 15 is 0 Å². The summed E-state index contributed by atoms with van der Waals surface area (Å²) < 4.78 is 3.06. The van der Waals surface area contributed by atoms with Gasteiger partial charge in [0.25, 0.3) is 0 Å². The first-order valence-electron chi connectivity index (χ1n) is 9.62. The molecule has 0 saturated carbocycles. The molecule has 2 aromatic carbocycles. The van der Waals surface area contributed by atoms with Crippen molar-refractivity contribution in [1.29, 1.82) is 0 Å². The van der Waals surface area contributed by atoms with Crippen molar-refractivity contribution >= 4 is 39.3 Å². The quantitative estimate of drug-likeness (QED) is 0.435. The van der Waals surface area contributed by atoms with E-state index in [9.17, 15) is 4.79 Å². The van der Waals surface area contributed by atoms with Gasteiger partial charge in [-0.2, -0.15) is 0 Å². The van der Waals surface area contributed by atoms with E-state index in [-0.39, 0.29) is 11.7 Å². The number of thioether (sulfide) groups is 1. The van der Waals surface area contributed by atoms with Crippen LogP contribution in [0.1, 0.15) is 37.8 Å². The van der Waals surface area contributed by atoms with Crippen LogP contribution in [0.5, 0.6) is 0 Å². The summed E-state index contributed by atoms with van der Waals surface area (Å²) in [4.78, 5) is 12.6. The van der Waals surface area contributed by atoms with Crippen molar-refractivity contribution in [2.45, 2.75) is 45.3 Å². The molecule has 1 aromatic heterocycles. The molecule has 0 bridgehead atoms. The zero-order chi connectivity index (χ0) is 21.0. The van der Waals surface area contributed by atoms with E-state index in [1.807, 2.05) is 30.3 Å². The Kier molecular flexibility index (Phi) is 7.14. The zero-order valence-electron chi connectivity index (χ0n) is 17.1. The monoisotopic (exact) mass is 472 g/mol. The minimum Gasteiger partial charge on any atom is -0.325 e. The molecule has 0 fully saturated rings. The number of carbonyl (C=O) groups excluding carboxylic acids is 1. The van der Waals surface area contributed by atoms with Crippen LogP contribution >= 0.6 is 27.7 Å². The maximum Gasteiger partial charge on any atom is 0.234 e. The number of carbonyl (C=O) groups is 1. The second kappa shape index (κ2) is 9.59. The molecule has 0 radical (unpaired) electrons. The van der Waals surface area contributed by atoms with E-state index in [0.29, 0.717) is 5.92 Å². The number of halogens is 1. The highest BCUT2D eigenvalue weighted by atomic mass is 79.9. The number of nitrogens with one attached hydrogen (secondary N) is 1. The third-order valence-electron chi connectivity index (χ3n) is 4.66. The number of aromatic nitrogens is 3. The van der Waals surface area contributed by atoms with Crippen molar-refractivity contribution in [3.8, 4) is 11.4 Å². The van der Waals surface area contributed by atoms with E-state index in [0.717, 1.165) is 44.4 Å². The molecule has 3 rings (SSSR count). The van der Waals surface area contributed by atoms with Gasteiger partial charge in [0.2, 0.25) is 5.91 Å². The molecule has 0 aliphatic rings. The summed E-state index contributed by atoms with van der Waals surface area (Å²) in [6.45, 7) is 9.09. The van der Waals surface area contributed by atoms with Gasteiger partial charge in [-0.3, -0.25) is 4.79 Å². The van der Waals surface area contributed by atoms with E-state index < -0.39 is 0 Å². The molecular formula is C22H25BrN4OS. The highest BCUT2D eigenvalue weighted by Crippen LogP contribution is 2.29. The van der Waals surface area contributed by atoms with Crippen molar-refractivity contribution in [2.75, 3.05) is 11.1 Å². The van der Waals surface area contributed by atoms with Gasteiger partial charge in [0.1, 0.15) is 0 Å². The van der Waals surface area contributed by atoms with Gasteiger partial charge in [-0.05, 0) is 49.1 Å². The highest BCUT2D eigenvalue weighted by Gasteiger charge is 2.16. The lowest BCUT2D eigenvalue weighted by atomic mass is 10.0. The second-order valence-electron chi connectivity index (χ2n) is 7.09. The molecule has 7 heteroatoms. The van der Waals surface area contributed by atoms with Gasteiger partial charge >= 0.3 is 0 Å². The van der Waals surface area contributed by atoms with Crippen LogP contribution in [-0.4, -0.2) is 26.4 Å². The summed E-state index contributed by atoms with van der Waals surface area (Å²) in [6.07, 6.45) is 0. The standard InChI is InChI=1S/C22H25BrN4OS/c1-5-27-21(17-9-7-6-8-15(17)4)25-26-22(27)29-13-20(28)24-19-11-10-16(23)12-18(19)14(2)3/h6-12,14H,5,13H2,1-4H3,(H,24,28). The van der Waals surface area contributed by atoms with Gasteiger partial charge in [-0.25, -0.2) is 0 Å². The number of amides is 1.